The van der Waals surface area contributed by atoms with Crippen LogP contribution in [0.1, 0.15) is 355 Å². The SMILES string of the molecule is CC/C=C\C/C=C\C/C=C\C/C=C\CCCCCCCCC(=O)OC(COC(=O)CCCCCCCCCCCC/C=C\C/C=C\C/C=C\CCCCCCC)COC(=O)CCCCCCCCCCCCCCCCCCCCC. The first-order valence-electron chi connectivity index (χ1n) is 35.1. The summed E-state index contributed by atoms with van der Waals surface area (Å²) in [5, 5.41) is 0. The number of hydrogen-bond donors (Lipinski definition) is 0. The Morgan fingerprint density at radius 3 is 0.753 bits per heavy atom. The number of rotatable bonds is 64. The van der Waals surface area contributed by atoms with Crippen LogP contribution in [-0.4, -0.2) is 37.2 Å². The molecule has 0 aromatic rings. The van der Waals surface area contributed by atoms with E-state index in [9.17, 15) is 14.4 Å². The van der Waals surface area contributed by atoms with E-state index in [1.165, 1.54) is 205 Å². The Hall–Kier alpha value is -3.41. The van der Waals surface area contributed by atoms with Gasteiger partial charge in [0, 0.05) is 19.3 Å². The highest BCUT2D eigenvalue weighted by atomic mass is 16.6. The van der Waals surface area contributed by atoms with Gasteiger partial charge in [-0.1, -0.05) is 324 Å². The highest BCUT2D eigenvalue weighted by Crippen LogP contribution is 2.17. The minimum Gasteiger partial charge on any atom is -0.462 e. The summed E-state index contributed by atoms with van der Waals surface area (Å²) in [6.45, 7) is 6.56. The monoisotopic (exact) mass is 1130 g/mol. The van der Waals surface area contributed by atoms with Gasteiger partial charge in [0.05, 0.1) is 0 Å². The average Bonchev–Trinajstić information content (AvgIpc) is 3.47. The van der Waals surface area contributed by atoms with Crippen LogP contribution in [0.2, 0.25) is 0 Å². The molecule has 6 heteroatoms. The van der Waals surface area contributed by atoms with Gasteiger partial charge >= 0.3 is 17.9 Å². The number of carbonyl (C=O) groups is 3. The van der Waals surface area contributed by atoms with Crippen molar-refractivity contribution in [2.75, 3.05) is 13.2 Å². The molecule has 0 saturated heterocycles. The summed E-state index contributed by atoms with van der Waals surface area (Å²) >= 11 is 0. The molecule has 0 aliphatic heterocycles. The molecule has 0 heterocycles. The number of hydrogen-bond acceptors (Lipinski definition) is 6. The van der Waals surface area contributed by atoms with Crippen molar-refractivity contribution in [3.8, 4) is 0 Å². The Bertz CT molecular complexity index is 1530. The fourth-order valence-electron chi connectivity index (χ4n) is 10.2. The van der Waals surface area contributed by atoms with Crippen molar-refractivity contribution in [1.82, 2.24) is 0 Å². The summed E-state index contributed by atoms with van der Waals surface area (Å²) in [5.74, 6) is -0.879. The molecule has 0 aromatic carbocycles. The molecule has 0 rings (SSSR count). The summed E-state index contributed by atoms with van der Waals surface area (Å²) < 4.78 is 17.0. The molecule has 6 nitrogen and oxygen atoms in total. The van der Waals surface area contributed by atoms with Crippen LogP contribution in [0, 0.1) is 0 Å². The molecule has 1 unspecified atom stereocenters. The Labute approximate surface area is 503 Å². The molecule has 81 heavy (non-hydrogen) atoms. The highest BCUT2D eigenvalue weighted by Gasteiger charge is 2.19. The van der Waals surface area contributed by atoms with Gasteiger partial charge in [0.25, 0.3) is 0 Å². The molecule has 0 aliphatic rings. The van der Waals surface area contributed by atoms with Crippen molar-refractivity contribution in [2.24, 2.45) is 0 Å². The molecule has 0 amide bonds. The highest BCUT2D eigenvalue weighted by molar-refractivity contribution is 5.71. The van der Waals surface area contributed by atoms with Gasteiger partial charge in [0.15, 0.2) is 6.10 Å². The molecule has 0 spiro atoms. The van der Waals surface area contributed by atoms with Crippen molar-refractivity contribution in [1.29, 1.82) is 0 Å². The molecule has 0 saturated carbocycles. The second kappa shape index (κ2) is 69.1. The molecular weight excluding hydrogens is 997 g/mol. The van der Waals surface area contributed by atoms with Crippen LogP contribution >= 0.6 is 0 Å². The van der Waals surface area contributed by atoms with Gasteiger partial charge in [-0.15, -0.1) is 0 Å². The lowest BCUT2D eigenvalue weighted by Gasteiger charge is -2.18. The van der Waals surface area contributed by atoms with Gasteiger partial charge in [-0.25, -0.2) is 0 Å². The van der Waals surface area contributed by atoms with Crippen LogP contribution < -0.4 is 0 Å². The average molecular weight is 1130 g/mol. The van der Waals surface area contributed by atoms with E-state index in [4.69, 9.17) is 14.2 Å². The maximum absolute atomic E-state index is 13.0. The fourth-order valence-corrected chi connectivity index (χ4v) is 10.2. The van der Waals surface area contributed by atoms with Crippen molar-refractivity contribution < 1.29 is 28.6 Å². The maximum Gasteiger partial charge on any atom is 0.306 e. The lowest BCUT2D eigenvalue weighted by atomic mass is 10.0. The molecule has 0 aliphatic carbocycles. The zero-order valence-corrected chi connectivity index (χ0v) is 53.8. The van der Waals surface area contributed by atoms with Crippen LogP contribution in [0.4, 0.5) is 0 Å². The zero-order chi connectivity index (χ0) is 58.5. The molecule has 468 valence electrons. The summed E-state index contributed by atoms with van der Waals surface area (Å²) in [6.07, 6.45) is 91.7. The Morgan fingerprint density at radius 1 is 0.259 bits per heavy atom. The van der Waals surface area contributed by atoms with Crippen molar-refractivity contribution in [3.05, 3.63) is 85.1 Å². The molecule has 0 N–H and O–H groups in total. The normalized spacial score (nSPS) is 12.6. The van der Waals surface area contributed by atoms with Crippen molar-refractivity contribution >= 4 is 17.9 Å². The van der Waals surface area contributed by atoms with Gasteiger partial charge in [-0.2, -0.15) is 0 Å². The van der Waals surface area contributed by atoms with Crippen LogP contribution in [0.15, 0.2) is 85.1 Å². The van der Waals surface area contributed by atoms with E-state index in [0.717, 1.165) is 109 Å². The lowest BCUT2D eigenvalue weighted by molar-refractivity contribution is -0.167. The van der Waals surface area contributed by atoms with Gasteiger partial charge in [-0.3, -0.25) is 14.4 Å². The Morgan fingerprint density at radius 2 is 0.481 bits per heavy atom. The van der Waals surface area contributed by atoms with Gasteiger partial charge < -0.3 is 14.2 Å². The fraction of sp³-hybridized carbons (Fsp3) is 0.773. The summed E-state index contributed by atoms with van der Waals surface area (Å²) in [5.41, 5.74) is 0. The number of allylic oxidation sites excluding steroid dienone is 14. The van der Waals surface area contributed by atoms with E-state index in [0.29, 0.717) is 19.3 Å². The van der Waals surface area contributed by atoms with Crippen molar-refractivity contribution in [3.63, 3.8) is 0 Å². The minimum absolute atomic E-state index is 0.0804. The van der Waals surface area contributed by atoms with E-state index >= 15 is 0 Å². The first-order chi connectivity index (χ1) is 40.0. The topological polar surface area (TPSA) is 78.9 Å². The quantitative estimate of drug-likeness (QED) is 0.0261. The Kier molecular flexibility index (Phi) is 66.2. The number of unbranched alkanes of at least 4 members (excludes halogenated alkanes) is 39. The standard InChI is InChI=1S/C75H132O6/c1-4-7-10-13-16-19-22-25-28-31-34-35-36-37-38-39-42-44-47-50-53-56-59-62-65-68-74(77)80-71-72(81-75(78)69-66-63-60-57-54-51-48-45-41-33-30-27-24-21-18-15-12-9-6-3)70-79-73(76)67-64-61-58-55-52-49-46-43-40-32-29-26-23-20-17-14-11-8-5-2/h9,12,18,21-22,25,27,30-31,34,36-37,41,45,72H,4-8,10-11,13-17,19-20,23-24,26,28-29,32-33,35,38-40,42-44,46-71H2,1-3H3/b12-9-,21-18-,25-22-,30-27-,34-31-,37-36-,45-41-. The first kappa shape index (κ1) is 77.6. The molecule has 1 atom stereocenters. The third kappa shape index (κ3) is 67.3. The zero-order valence-electron chi connectivity index (χ0n) is 53.8. The Balaban J connectivity index is 4.37. The third-order valence-corrected chi connectivity index (χ3v) is 15.4. The molecular formula is C75H132O6. The van der Waals surface area contributed by atoms with Crippen LogP contribution in [-0.2, 0) is 28.6 Å². The predicted molar refractivity (Wildman–Crippen MR) is 353 cm³/mol. The molecule has 0 radical (unpaired) electrons. The smallest absolute Gasteiger partial charge is 0.306 e. The minimum atomic E-state index is -0.787. The van der Waals surface area contributed by atoms with Gasteiger partial charge in [0.2, 0.25) is 0 Å². The lowest BCUT2D eigenvalue weighted by Crippen LogP contribution is -2.30. The van der Waals surface area contributed by atoms with Crippen molar-refractivity contribution in [2.45, 2.75) is 361 Å². The van der Waals surface area contributed by atoms with E-state index < -0.39 is 6.10 Å². The summed E-state index contributed by atoms with van der Waals surface area (Å²) in [7, 11) is 0. The molecule has 0 bridgehead atoms. The number of esters is 3. The molecule has 0 aromatic heterocycles. The molecule has 0 fully saturated rings. The summed E-state index contributed by atoms with van der Waals surface area (Å²) in [6, 6.07) is 0. The maximum atomic E-state index is 13.0. The second-order valence-corrected chi connectivity index (χ2v) is 23.4. The first-order valence-corrected chi connectivity index (χ1v) is 35.1. The number of ether oxygens (including phenoxy) is 3. The van der Waals surface area contributed by atoms with E-state index in [-0.39, 0.29) is 31.1 Å². The second-order valence-electron chi connectivity index (χ2n) is 23.4. The van der Waals surface area contributed by atoms with Gasteiger partial charge in [-0.05, 0) is 96.3 Å². The largest absolute Gasteiger partial charge is 0.462 e. The summed E-state index contributed by atoms with van der Waals surface area (Å²) in [4.78, 5) is 38.5. The van der Waals surface area contributed by atoms with Crippen LogP contribution in [0.25, 0.3) is 0 Å². The van der Waals surface area contributed by atoms with Gasteiger partial charge in [0.1, 0.15) is 13.2 Å². The number of carbonyl (C=O) groups excluding carboxylic acids is 3. The predicted octanol–water partition coefficient (Wildman–Crippen LogP) is 24.2. The third-order valence-electron chi connectivity index (χ3n) is 15.4. The van der Waals surface area contributed by atoms with Crippen LogP contribution in [0.5, 0.6) is 0 Å². The van der Waals surface area contributed by atoms with E-state index in [1.54, 1.807) is 0 Å². The van der Waals surface area contributed by atoms with E-state index in [1.807, 2.05) is 0 Å². The van der Waals surface area contributed by atoms with E-state index in [2.05, 4.69) is 106 Å². The van der Waals surface area contributed by atoms with Crippen LogP contribution in [0.3, 0.4) is 0 Å².